The van der Waals surface area contributed by atoms with Gasteiger partial charge in [-0.25, -0.2) is 0 Å². The van der Waals surface area contributed by atoms with Crippen molar-refractivity contribution in [2.24, 2.45) is 5.92 Å². The monoisotopic (exact) mass is 366 g/mol. The van der Waals surface area contributed by atoms with E-state index in [0.29, 0.717) is 26.0 Å². The van der Waals surface area contributed by atoms with E-state index >= 15 is 0 Å². The molecule has 1 aliphatic rings. The summed E-state index contributed by atoms with van der Waals surface area (Å²) in [6.07, 6.45) is 2.91. The van der Waals surface area contributed by atoms with Crippen LogP contribution in [0.15, 0.2) is 48.5 Å². The number of hydrogen-bond acceptors (Lipinski definition) is 3. The number of benzene rings is 2. The lowest BCUT2D eigenvalue weighted by Gasteiger charge is -2.25. The molecule has 5 heteroatoms. The van der Waals surface area contributed by atoms with Crippen molar-refractivity contribution in [3.05, 3.63) is 59.7 Å². The molecule has 0 saturated heterocycles. The average molecular weight is 366 g/mol. The lowest BCUT2D eigenvalue weighted by atomic mass is 9.95. The number of ether oxygens (including phenoxy) is 1. The van der Waals surface area contributed by atoms with Gasteiger partial charge in [0.15, 0.2) is 0 Å². The van der Waals surface area contributed by atoms with Crippen molar-refractivity contribution in [2.45, 2.75) is 32.6 Å². The zero-order valence-electron chi connectivity index (χ0n) is 15.7. The molecule has 1 aliphatic heterocycles. The van der Waals surface area contributed by atoms with Crippen LogP contribution in [0.4, 0.5) is 5.69 Å². The molecule has 5 nitrogen and oxygen atoms in total. The third-order valence-electron chi connectivity index (χ3n) is 4.73. The third-order valence-corrected chi connectivity index (χ3v) is 4.73. The molecule has 2 N–H and O–H groups in total. The van der Waals surface area contributed by atoms with Crippen LogP contribution in [-0.2, 0) is 22.4 Å². The number of amides is 2. The van der Waals surface area contributed by atoms with Crippen LogP contribution in [-0.4, -0.2) is 25.0 Å². The highest BCUT2D eigenvalue weighted by atomic mass is 16.5. The minimum absolute atomic E-state index is 0.0247. The maximum absolute atomic E-state index is 12.5. The summed E-state index contributed by atoms with van der Waals surface area (Å²) in [6.45, 7) is 2.86. The first kappa shape index (κ1) is 19.0. The first-order valence-corrected chi connectivity index (χ1v) is 9.53. The second-order valence-electron chi connectivity index (χ2n) is 6.82. The van der Waals surface area contributed by atoms with Crippen molar-refractivity contribution in [1.82, 2.24) is 5.32 Å². The van der Waals surface area contributed by atoms with Crippen LogP contribution in [0.3, 0.4) is 0 Å². The van der Waals surface area contributed by atoms with Gasteiger partial charge in [-0.1, -0.05) is 37.3 Å². The van der Waals surface area contributed by atoms with Gasteiger partial charge in [-0.3, -0.25) is 9.59 Å². The highest BCUT2D eigenvalue weighted by Crippen LogP contribution is 2.30. The number of rotatable bonds is 7. The van der Waals surface area contributed by atoms with Gasteiger partial charge in [0.2, 0.25) is 11.8 Å². The van der Waals surface area contributed by atoms with Crippen molar-refractivity contribution < 1.29 is 14.3 Å². The van der Waals surface area contributed by atoms with E-state index in [4.69, 9.17) is 4.74 Å². The molecule has 0 spiro atoms. The van der Waals surface area contributed by atoms with E-state index in [1.165, 1.54) is 5.56 Å². The Kier molecular flexibility index (Phi) is 6.47. The molecular formula is C22H26N2O3. The molecule has 1 heterocycles. The molecule has 2 aromatic rings. The quantitative estimate of drug-likeness (QED) is 0.739. The molecule has 142 valence electrons. The Morgan fingerprint density at radius 2 is 1.96 bits per heavy atom. The van der Waals surface area contributed by atoms with E-state index in [-0.39, 0.29) is 17.7 Å². The molecule has 2 aromatic carbocycles. The standard InChI is InChI=1S/C22H26N2O3/c1-2-21(25)24-19-10-11-20-17(14-19)13-18(15-27-20)22(26)23-12-6-9-16-7-4-3-5-8-16/h3-5,7-8,10-11,14,18H,2,6,9,12-13,15H2,1H3,(H,23,26)(H,24,25). The third kappa shape index (κ3) is 5.33. The van der Waals surface area contributed by atoms with Crippen LogP contribution in [0.1, 0.15) is 30.9 Å². The van der Waals surface area contributed by atoms with Gasteiger partial charge in [0.1, 0.15) is 12.4 Å². The molecule has 0 aromatic heterocycles. The van der Waals surface area contributed by atoms with E-state index < -0.39 is 0 Å². The Labute approximate surface area is 160 Å². The van der Waals surface area contributed by atoms with Gasteiger partial charge in [0, 0.05) is 18.7 Å². The van der Waals surface area contributed by atoms with Crippen LogP contribution in [0.25, 0.3) is 0 Å². The van der Waals surface area contributed by atoms with Gasteiger partial charge in [0.05, 0.1) is 5.92 Å². The Morgan fingerprint density at radius 1 is 1.15 bits per heavy atom. The summed E-state index contributed by atoms with van der Waals surface area (Å²) in [4.78, 5) is 24.0. The molecule has 0 aliphatic carbocycles. The number of aryl methyl sites for hydroxylation is 1. The zero-order chi connectivity index (χ0) is 19.1. The lowest BCUT2D eigenvalue weighted by Crippen LogP contribution is -2.37. The summed E-state index contributed by atoms with van der Waals surface area (Å²) in [5, 5.41) is 5.87. The number of fused-ring (bicyclic) bond motifs is 1. The molecule has 0 fully saturated rings. The van der Waals surface area contributed by atoms with Crippen LogP contribution in [0.5, 0.6) is 5.75 Å². The molecule has 2 amide bonds. The van der Waals surface area contributed by atoms with Crippen molar-refractivity contribution >= 4 is 17.5 Å². The summed E-state index contributed by atoms with van der Waals surface area (Å²) in [5.41, 5.74) is 2.98. The zero-order valence-corrected chi connectivity index (χ0v) is 15.7. The second kappa shape index (κ2) is 9.21. The fourth-order valence-corrected chi connectivity index (χ4v) is 3.18. The number of nitrogens with one attached hydrogen (secondary N) is 2. The van der Waals surface area contributed by atoms with Crippen LogP contribution >= 0.6 is 0 Å². The SMILES string of the molecule is CCC(=O)Nc1ccc2c(c1)CC(C(=O)NCCCc1ccccc1)CO2. The Morgan fingerprint density at radius 3 is 2.74 bits per heavy atom. The smallest absolute Gasteiger partial charge is 0.226 e. The number of carbonyl (C=O) groups is 2. The molecule has 0 bridgehead atoms. The lowest BCUT2D eigenvalue weighted by molar-refractivity contribution is -0.126. The predicted molar refractivity (Wildman–Crippen MR) is 106 cm³/mol. The maximum Gasteiger partial charge on any atom is 0.226 e. The first-order valence-electron chi connectivity index (χ1n) is 9.53. The van der Waals surface area contributed by atoms with E-state index in [1.54, 1.807) is 0 Å². The van der Waals surface area contributed by atoms with Crippen LogP contribution < -0.4 is 15.4 Å². The molecule has 0 saturated carbocycles. The minimum Gasteiger partial charge on any atom is -0.492 e. The van der Waals surface area contributed by atoms with E-state index in [0.717, 1.165) is 29.8 Å². The molecule has 1 unspecified atom stereocenters. The number of carbonyl (C=O) groups excluding carboxylic acids is 2. The van der Waals surface area contributed by atoms with Crippen molar-refractivity contribution in [3.63, 3.8) is 0 Å². The van der Waals surface area contributed by atoms with Gasteiger partial charge >= 0.3 is 0 Å². The van der Waals surface area contributed by atoms with E-state index in [9.17, 15) is 9.59 Å². The largest absolute Gasteiger partial charge is 0.492 e. The molecule has 27 heavy (non-hydrogen) atoms. The Hall–Kier alpha value is -2.82. The normalized spacial score (nSPS) is 15.4. The average Bonchev–Trinajstić information content (AvgIpc) is 2.71. The predicted octanol–water partition coefficient (Wildman–Crippen LogP) is 3.34. The van der Waals surface area contributed by atoms with Gasteiger partial charge in [-0.2, -0.15) is 0 Å². The summed E-state index contributed by atoms with van der Waals surface area (Å²) in [5.74, 6) is 0.583. The Bertz CT molecular complexity index is 789. The van der Waals surface area contributed by atoms with Crippen molar-refractivity contribution in [3.8, 4) is 5.75 Å². The van der Waals surface area contributed by atoms with Crippen molar-refractivity contribution in [2.75, 3.05) is 18.5 Å². The highest BCUT2D eigenvalue weighted by Gasteiger charge is 2.26. The van der Waals surface area contributed by atoms with Gasteiger partial charge < -0.3 is 15.4 Å². The molecular weight excluding hydrogens is 340 g/mol. The second-order valence-corrected chi connectivity index (χ2v) is 6.82. The highest BCUT2D eigenvalue weighted by molar-refractivity contribution is 5.90. The van der Waals surface area contributed by atoms with Crippen molar-refractivity contribution in [1.29, 1.82) is 0 Å². The fourth-order valence-electron chi connectivity index (χ4n) is 3.18. The minimum atomic E-state index is -0.202. The van der Waals surface area contributed by atoms with E-state index in [2.05, 4.69) is 22.8 Å². The molecule has 0 radical (unpaired) electrons. The first-order chi connectivity index (χ1) is 13.2. The maximum atomic E-state index is 12.5. The van der Waals surface area contributed by atoms with Crippen LogP contribution in [0.2, 0.25) is 0 Å². The fraction of sp³-hybridized carbons (Fsp3) is 0.364. The van der Waals surface area contributed by atoms with Gasteiger partial charge in [-0.05, 0) is 48.6 Å². The van der Waals surface area contributed by atoms with Gasteiger partial charge in [-0.15, -0.1) is 0 Å². The summed E-state index contributed by atoms with van der Waals surface area (Å²) in [7, 11) is 0. The van der Waals surface area contributed by atoms with Crippen LogP contribution in [0, 0.1) is 5.92 Å². The summed E-state index contributed by atoms with van der Waals surface area (Å²) >= 11 is 0. The summed E-state index contributed by atoms with van der Waals surface area (Å²) < 4.78 is 5.75. The molecule has 1 atom stereocenters. The molecule has 3 rings (SSSR count). The topological polar surface area (TPSA) is 67.4 Å². The Balaban J connectivity index is 1.49. The van der Waals surface area contributed by atoms with Gasteiger partial charge in [0.25, 0.3) is 0 Å². The number of hydrogen-bond donors (Lipinski definition) is 2. The van der Waals surface area contributed by atoms with E-state index in [1.807, 2.05) is 43.3 Å². The summed E-state index contributed by atoms with van der Waals surface area (Å²) in [6, 6.07) is 15.9. The number of anilines is 1.